The second kappa shape index (κ2) is 6.76. The number of benzene rings is 2. The fourth-order valence-electron chi connectivity index (χ4n) is 2.26. The van der Waals surface area contributed by atoms with Crippen LogP contribution in [0.25, 0.3) is 10.8 Å². The maximum Gasteiger partial charge on any atom is 0.321 e. The van der Waals surface area contributed by atoms with Crippen LogP contribution in [0.2, 0.25) is 0 Å². The molecule has 1 N–H and O–H groups in total. The smallest absolute Gasteiger partial charge is 0.321 e. The second-order valence-corrected chi connectivity index (χ2v) is 5.03. The SMILES string of the molecule is CCN(CC(C)C#N)C(=O)Nc1cccc2ccccc12. The molecule has 0 aliphatic carbocycles. The minimum atomic E-state index is -0.178. The molecule has 0 saturated carbocycles. The molecule has 108 valence electrons. The summed E-state index contributed by atoms with van der Waals surface area (Å²) in [6, 6.07) is 15.7. The van der Waals surface area contributed by atoms with E-state index in [1.54, 1.807) is 4.90 Å². The molecule has 0 aromatic heterocycles. The Morgan fingerprint density at radius 2 is 2.00 bits per heavy atom. The van der Waals surface area contributed by atoms with Crippen LogP contribution >= 0.6 is 0 Å². The Balaban J connectivity index is 2.19. The topological polar surface area (TPSA) is 56.1 Å². The molecule has 1 unspecified atom stereocenters. The summed E-state index contributed by atoms with van der Waals surface area (Å²) in [5.41, 5.74) is 0.793. The summed E-state index contributed by atoms with van der Waals surface area (Å²) in [5, 5.41) is 13.9. The van der Waals surface area contributed by atoms with Gasteiger partial charge in [0.05, 0.1) is 17.7 Å². The van der Waals surface area contributed by atoms with Crippen molar-refractivity contribution in [3.63, 3.8) is 0 Å². The van der Waals surface area contributed by atoms with E-state index in [4.69, 9.17) is 5.26 Å². The molecule has 0 spiro atoms. The van der Waals surface area contributed by atoms with Gasteiger partial charge in [0, 0.05) is 18.5 Å². The zero-order chi connectivity index (χ0) is 15.2. The number of urea groups is 1. The molecule has 0 aliphatic heterocycles. The van der Waals surface area contributed by atoms with Gasteiger partial charge in [0.15, 0.2) is 0 Å². The van der Waals surface area contributed by atoms with E-state index in [1.165, 1.54) is 0 Å². The van der Waals surface area contributed by atoms with Crippen LogP contribution < -0.4 is 5.32 Å². The predicted molar refractivity (Wildman–Crippen MR) is 85.0 cm³/mol. The molecule has 21 heavy (non-hydrogen) atoms. The number of hydrogen-bond donors (Lipinski definition) is 1. The molecule has 0 heterocycles. The average molecular weight is 281 g/mol. The van der Waals surface area contributed by atoms with Gasteiger partial charge in [0.25, 0.3) is 0 Å². The highest BCUT2D eigenvalue weighted by atomic mass is 16.2. The van der Waals surface area contributed by atoms with Crippen molar-refractivity contribution < 1.29 is 4.79 Å². The molecule has 0 radical (unpaired) electrons. The Bertz CT molecular complexity index is 670. The standard InChI is InChI=1S/C17H19N3O/c1-3-20(12-13(2)11-18)17(21)19-16-10-6-8-14-7-4-5-9-15(14)16/h4-10,13H,3,12H2,1-2H3,(H,19,21). The van der Waals surface area contributed by atoms with E-state index in [2.05, 4.69) is 11.4 Å². The molecule has 0 aliphatic rings. The fraction of sp³-hybridized carbons (Fsp3) is 0.294. The molecular weight excluding hydrogens is 262 g/mol. The van der Waals surface area contributed by atoms with Gasteiger partial charge in [-0.2, -0.15) is 5.26 Å². The number of nitriles is 1. The summed E-state index contributed by atoms with van der Waals surface area (Å²) in [7, 11) is 0. The molecule has 2 aromatic rings. The third kappa shape index (κ3) is 3.51. The van der Waals surface area contributed by atoms with Gasteiger partial charge in [-0.3, -0.25) is 0 Å². The molecule has 0 saturated heterocycles. The lowest BCUT2D eigenvalue weighted by atomic mass is 10.1. The molecule has 0 fully saturated rings. The zero-order valence-electron chi connectivity index (χ0n) is 12.3. The largest absolute Gasteiger partial charge is 0.324 e. The summed E-state index contributed by atoms with van der Waals surface area (Å²) in [4.78, 5) is 14.0. The van der Waals surface area contributed by atoms with Gasteiger partial charge in [-0.25, -0.2) is 4.79 Å². The van der Waals surface area contributed by atoms with E-state index < -0.39 is 0 Å². The summed E-state index contributed by atoms with van der Waals surface area (Å²) < 4.78 is 0. The van der Waals surface area contributed by atoms with Crippen molar-refractivity contribution in [2.75, 3.05) is 18.4 Å². The lowest BCUT2D eigenvalue weighted by molar-refractivity contribution is 0.210. The van der Waals surface area contributed by atoms with Crippen molar-refractivity contribution in [2.24, 2.45) is 5.92 Å². The van der Waals surface area contributed by atoms with Gasteiger partial charge in [-0.05, 0) is 25.3 Å². The first-order chi connectivity index (χ1) is 10.2. The normalized spacial score (nSPS) is 11.7. The summed E-state index contributed by atoms with van der Waals surface area (Å²) in [5.74, 6) is -0.178. The number of fused-ring (bicyclic) bond motifs is 1. The lowest BCUT2D eigenvalue weighted by Gasteiger charge is -2.22. The van der Waals surface area contributed by atoms with Crippen LogP contribution in [-0.2, 0) is 0 Å². The number of hydrogen-bond acceptors (Lipinski definition) is 2. The molecular formula is C17H19N3O. The first-order valence-electron chi connectivity index (χ1n) is 7.09. The van der Waals surface area contributed by atoms with Gasteiger partial charge >= 0.3 is 6.03 Å². The van der Waals surface area contributed by atoms with Gasteiger partial charge < -0.3 is 10.2 Å². The highest BCUT2D eigenvalue weighted by molar-refractivity contribution is 6.01. The highest BCUT2D eigenvalue weighted by Gasteiger charge is 2.15. The molecule has 0 bridgehead atoms. The summed E-state index contributed by atoms with van der Waals surface area (Å²) in [6.45, 7) is 4.73. The molecule has 1 atom stereocenters. The average Bonchev–Trinajstić information content (AvgIpc) is 2.52. The number of nitrogens with zero attached hydrogens (tertiary/aromatic N) is 2. The number of carbonyl (C=O) groups is 1. The Morgan fingerprint density at radius 1 is 1.29 bits per heavy atom. The van der Waals surface area contributed by atoms with Crippen LogP contribution in [-0.4, -0.2) is 24.0 Å². The van der Waals surface area contributed by atoms with Crippen LogP contribution in [0.4, 0.5) is 10.5 Å². The van der Waals surface area contributed by atoms with Gasteiger partial charge in [0.2, 0.25) is 0 Å². The first-order valence-corrected chi connectivity index (χ1v) is 7.09. The molecule has 2 rings (SSSR count). The van der Waals surface area contributed by atoms with Gasteiger partial charge in [0.1, 0.15) is 0 Å². The maximum absolute atomic E-state index is 12.3. The number of anilines is 1. The van der Waals surface area contributed by atoms with E-state index in [1.807, 2.05) is 56.3 Å². The summed E-state index contributed by atoms with van der Waals surface area (Å²) in [6.07, 6.45) is 0. The van der Waals surface area contributed by atoms with Crippen molar-refractivity contribution in [3.8, 4) is 6.07 Å². The fourth-order valence-corrected chi connectivity index (χ4v) is 2.26. The van der Waals surface area contributed by atoms with E-state index in [0.29, 0.717) is 13.1 Å². The summed E-state index contributed by atoms with van der Waals surface area (Å²) >= 11 is 0. The van der Waals surface area contributed by atoms with Crippen LogP contribution in [0.3, 0.4) is 0 Å². The Hall–Kier alpha value is -2.54. The van der Waals surface area contributed by atoms with Crippen molar-refractivity contribution in [3.05, 3.63) is 42.5 Å². The van der Waals surface area contributed by atoms with E-state index >= 15 is 0 Å². The predicted octanol–water partition coefficient (Wildman–Crippen LogP) is 3.85. The van der Waals surface area contributed by atoms with Crippen LogP contribution in [0.1, 0.15) is 13.8 Å². The van der Waals surface area contributed by atoms with Crippen LogP contribution in [0, 0.1) is 17.2 Å². The minimum absolute atomic E-state index is 0.170. The van der Waals surface area contributed by atoms with Gasteiger partial charge in [-0.15, -0.1) is 0 Å². The lowest BCUT2D eigenvalue weighted by Crippen LogP contribution is -2.37. The monoisotopic (exact) mass is 281 g/mol. The van der Waals surface area contributed by atoms with Crippen LogP contribution in [0.5, 0.6) is 0 Å². The molecule has 2 aromatic carbocycles. The zero-order valence-corrected chi connectivity index (χ0v) is 12.3. The second-order valence-electron chi connectivity index (χ2n) is 5.03. The first kappa shape index (κ1) is 14.9. The number of amides is 2. The Labute approximate surface area is 125 Å². The van der Waals surface area contributed by atoms with Gasteiger partial charge in [-0.1, -0.05) is 36.4 Å². The van der Waals surface area contributed by atoms with E-state index in [-0.39, 0.29) is 11.9 Å². The number of carbonyl (C=O) groups excluding carboxylic acids is 1. The number of nitrogens with one attached hydrogen (secondary N) is 1. The maximum atomic E-state index is 12.3. The van der Waals surface area contributed by atoms with E-state index in [9.17, 15) is 4.79 Å². The molecule has 4 nitrogen and oxygen atoms in total. The van der Waals surface area contributed by atoms with Crippen molar-refractivity contribution >= 4 is 22.5 Å². The Morgan fingerprint density at radius 3 is 2.71 bits per heavy atom. The third-order valence-electron chi connectivity index (χ3n) is 3.41. The number of rotatable bonds is 4. The molecule has 4 heteroatoms. The van der Waals surface area contributed by atoms with E-state index in [0.717, 1.165) is 16.5 Å². The Kier molecular flexibility index (Phi) is 4.78. The van der Waals surface area contributed by atoms with Crippen molar-refractivity contribution in [1.29, 1.82) is 5.26 Å². The highest BCUT2D eigenvalue weighted by Crippen LogP contribution is 2.23. The van der Waals surface area contributed by atoms with Crippen LogP contribution in [0.15, 0.2) is 42.5 Å². The third-order valence-corrected chi connectivity index (χ3v) is 3.41. The van der Waals surface area contributed by atoms with Crippen molar-refractivity contribution in [1.82, 2.24) is 4.90 Å². The van der Waals surface area contributed by atoms with Crippen molar-refractivity contribution in [2.45, 2.75) is 13.8 Å². The minimum Gasteiger partial charge on any atom is -0.324 e. The quantitative estimate of drug-likeness (QED) is 0.925. The molecule has 2 amide bonds.